The van der Waals surface area contributed by atoms with Gasteiger partial charge in [0.2, 0.25) is 5.91 Å². The number of aromatic nitrogens is 1. The summed E-state index contributed by atoms with van der Waals surface area (Å²) < 4.78 is 5.16. The van der Waals surface area contributed by atoms with Crippen molar-refractivity contribution < 1.29 is 9.32 Å². The van der Waals surface area contributed by atoms with E-state index in [-0.39, 0.29) is 11.9 Å². The molecule has 0 saturated heterocycles. The van der Waals surface area contributed by atoms with Crippen molar-refractivity contribution in [2.24, 2.45) is 0 Å². The number of rotatable bonds is 3. The number of amides is 1. The van der Waals surface area contributed by atoms with Crippen LogP contribution >= 0.6 is 11.3 Å². The summed E-state index contributed by atoms with van der Waals surface area (Å²) >= 11 is 1.81. The van der Waals surface area contributed by atoms with Gasteiger partial charge in [0.15, 0.2) is 0 Å². The number of carbonyl (C=O) groups excluding carboxylic acids is 1. The topological polar surface area (TPSA) is 46.3 Å². The fourth-order valence-corrected chi connectivity index (χ4v) is 4.07. The van der Waals surface area contributed by atoms with Crippen molar-refractivity contribution in [3.05, 3.63) is 38.9 Å². The molecule has 1 amide bonds. The first-order valence-corrected chi connectivity index (χ1v) is 8.27. The Kier molecular flexibility index (Phi) is 3.85. The number of hydrogen-bond acceptors (Lipinski definition) is 4. The minimum Gasteiger partial charge on any atom is -0.361 e. The molecule has 4 nitrogen and oxygen atoms in total. The summed E-state index contributed by atoms with van der Waals surface area (Å²) in [5, 5.41) is 6.07. The molecular formula is C16H20N2O2S. The summed E-state index contributed by atoms with van der Waals surface area (Å²) in [7, 11) is 0. The minimum absolute atomic E-state index is 0.174. The summed E-state index contributed by atoms with van der Waals surface area (Å²) in [4.78, 5) is 16.2. The summed E-state index contributed by atoms with van der Waals surface area (Å²) in [5.74, 6) is 0.926. The number of fused-ring (bicyclic) bond motifs is 1. The molecule has 112 valence electrons. The van der Waals surface area contributed by atoms with Gasteiger partial charge in [-0.05, 0) is 43.7 Å². The van der Waals surface area contributed by atoms with Crippen molar-refractivity contribution in [3.8, 4) is 0 Å². The van der Waals surface area contributed by atoms with Gasteiger partial charge in [-0.15, -0.1) is 11.3 Å². The molecule has 0 saturated carbocycles. The van der Waals surface area contributed by atoms with Crippen LogP contribution in [0.2, 0.25) is 0 Å². The third-order valence-electron chi connectivity index (χ3n) is 4.31. The average molecular weight is 304 g/mol. The van der Waals surface area contributed by atoms with E-state index in [1.165, 1.54) is 10.4 Å². The Morgan fingerprint density at radius 1 is 1.52 bits per heavy atom. The monoisotopic (exact) mass is 304 g/mol. The standard InChI is InChI=1S/C16H20N2O2S/c1-4-14-12-6-8-21-15(12)5-7-18(14)16(19)9-13-10(2)17-20-11(13)3/h6,8,14H,4-5,7,9H2,1-3H3. The maximum Gasteiger partial charge on any atom is 0.227 e. The van der Waals surface area contributed by atoms with Crippen LogP contribution in [0.15, 0.2) is 16.0 Å². The van der Waals surface area contributed by atoms with Crippen LogP contribution in [0.4, 0.5) is 0 Å². The Hall–Kier alpha value is -1.62. The van der Waals surface area contributed by atoms with Crippen LogP contribution in [-0.4, -0.2) is 22.5 Å². The zero-order valence-corrected chi connectivity index (χ0v) is 13.5. The molecule has 0 aromatic carbocycles. The molecule has 2 aromatic rings. The predicted molar refractivity (Wildman–Crippen MR) is 82.4 cm³/mol. The molecule has 0 radical (unpaired) electrons. The molecular weight excluding hydrogens is 284 g/mol. The quantitative estimate of drug-likeness (QED) is 0.872. The van der Waals surface area contributed by atoms with Gasteiger partial charge in [0.05, 0.1) is 18.2 Å². The summed E-state index contributed by atoms with van der Waals surface area (Å²) in [6.07, 6.45) is 2.31. The largest absolute Gasteiger partial charge is 0.361 e. The lowest BCUT2D eigenvalue weighted by Crippen LogP contribution is -2.40. The van der Waals surface area contributed by atoms with Crippen molar-refractivity contribution in [1.82, 2.24) is 10.1 Å². The van der Waals surface area contributed by atoms with Crippen molar-refractivity contribution >= 4 is 17.2 Å². The maximum absolute atomic E-state index is 12.7. The molecule has 3 rings (SSSR count). The van der Waals surface area contributed by atoms with E-state index >= 15 is 0 Å². The van der Waals surface area contributed by atoms with E-state index in [1.54, 1.807) is 11.3 Å². The fraction of sp³-hybridized carbons (Fsp3) is 0.500. The van der Waals surface area contributed by atoms with Gasteiger partial charge in [0.25, 0.3) is 0 Å². The second-order valence-corrected chi connectivity index (χ2v) is 6.54. The van der Waals surface area contributed by atoms with Crippen LogP contribution in [0.25, 0.3) is 0 Å². The van der Waals surface area contributed by atoms with Gasteiger partial charge in [0, 0.05) is 17.0 Å². The summed E-state index contributed by atoms with van der Waals surface area (Å²) in [6, 6.07) is 2.39. The molecule has 1 aliphatic rings. The lowest BCUT2D eigenvalue weighted by atomic mass is 9.96. The molecule has 3 heterocycles. The molecule has 1 unspecified atom stereocenters. The van der Waals surface area contributed by atoms with Crippen LogP contribution in [0, 0.1) is 13.8 Å². The Morgan fingerprint density at radius 2 is 2.33 bits per heavy atom. The smallest absolute Gasteiger partial charge is 0.227 e. The zero-order chi connectivity index (χ0) is 15.0. The molecule has 1 aliphatic heterocycles. The van der Waals surface area contributed by atoms with Gasteiger partial charge < -0.3 is 9.42 Å². The van der Waals surface area contributed by atoms with E-state index in [9.17, 15) is 4.79 Å². The first-order chi connectivity index (χ1) is 10.1. The number of hydrogen-bond donors (Lipinski definition) is 0. The molecule has 2 aromatic heterocycles. The zero-order valence-electron chi connectivity index (χ0n) is 12.7. The lowest BCUT2D eigenvalue weighted by molar-refractivity contribution is -0.133. The molecule has 0 N–H and O–H groups in total. The van der Waals surface area contributed by atoms with Crippen molar-refractivity contribution in [1.29, 1.82) is 0 Å². The van der Waals surface area contributed by atoms with Gasteiger partial charge in [-0.3, -0.25) is 4.79 Å². The Labute approximate surface area is 128 Å². The van der Waals surface area contributed by atoms with Gasteiger partial charge in [-0.25, -0.2) is 0 Å². The maximum atomic E-state index is 12.7. The molecule has 0 spiro atoms. The second kappa shape index (κ2) is 5.64. The molecule has 21 heavy (non-hydrogen) atoms. The lowest BCUT2D eigenvalue weighted by Gasteiger charge is -2.35. The molecule has 5 heteroatoms. The minimum atomic E-state index is 0.174. The van der Waals surface area contributed by atoms with E-state index in [1.807, 2.05) is 18.7 Å². The molecule has 0 aliphatic carbocycles. The first kappa shape index (κ1) is 14.3. The van der Waals surface area contributed by atoms with Crippen molar-refractivity contribution in [2.75, 3.05) is 6.54 Å². The van der Waals surface area contributed by atoms with Crippen molar-refractivity contribution in [3.63, 3.8) is 0 Å². The van der Waals surface area contributed by atoms with E-state index in [4.69, 9.17) is 4.52 Å². The highest BCUT2D eigenvalue weighted by Crippen LogP contribution is 2.35. The van der Waals surface area contributed by atoms with E-state index in [0.717, 1.165) is 36.4 Å². The highest BCUT2D eigenvalue weighted by Gasteiger charge is 2.30. The third kappa shape index (κ3) is 2.50. The second-order valence-electron chi connectivity index (χ2n) is 5.54. The van der Waals surface area contributed by atoms with Crippen LogP contribution in [0.1, 0.15) is 46.8 Å². The number of aryl methyl sites for hydroxylation is 2. The van der Waals surface area contributed by atoms with Gasteiger partial charge in [0.1, 0.15) is 5.76 Å². The van der Waals surface area contributed by atoms with Gasteiger partial charge in [-0.1, -0.05) is 12.1 Å². The van der Waals surface area contributed by atoms with E-state index in [2.05, 4.69) is 23.5 Å². The highest BCUT2D eigenvalue weighted by molar-refractivity contribution is 7.10. The van der Waals surface area contributed by atoms with E-state index < -0.39 is 0 Å². The molecule has 0 fully saturated rings. The predicted octanol–water partition coefficient (Wildman–Crippen LogP) is 3.43. The van der Waals surface area contributed by atoms with Crippen molar-refractivity contribution in [2.45, 2.75) is 46.1 Å². The molecule has 0 bridgehead atoms. The third-order valence-corrected chi connectivity index (χ3v) is 5.31. The molecule has 1 atom stereocenters. The van der Waals surface area contributed by atoms with Crippen LogP contribution in [0.5, 0.6) is 0 Å². The van der Waals surface area contributed by atoms with Crippen LogP contribution < -0.4 is 0 Å². The number of carbonyl (C=O) groups is 1. The normalized spacial score (nSPS) is 17.9. The highest BCUT2D eigenvalue weighted by atomic mass is 32.1. The van der Waals surface area contributed by atoms with Crippen LogP contribution in [0.3, 0.4) is 0 Å². The Bertz CT molecular complexity index is 640. The SMILES string of the molecule is CCC1c2ccsc2CCN1C(=O)Cc1c(C)noc1C. The Balaban J connectivity index is 1.82. The number of thiophene rings is 1. The first-order valence-electron chi connectivity index (χ1n) is 7.39. The summed E-state index contributed by atoms with van der Waals surface area (Å²) in [6.45, 7) is 6.72. The summed E-state index contributed by atoms with van der Waals surface area (Å²) in [5.41, 5.74) is 3.09. The fourth-order valence-electron chi connectivity index (χ4n) is 3.14. The van der Waals surface area contributed by atoms with E-state index in [0.29, 0.717) is 6.42 Å². The average Bonchev–Trinajstić information content (AvgIpc) is 3.07. The number of nitrogens with zero attached hydrogens (tertiary/aromatic N) is 2. The van der Waals surface area contributed by atoms with Gasteiger partial charge in [-0.2, -0.15) is 0 Å². The Morgan fingerprint density at radius 3 is 3.00 bits per heavy atom. The van der Waals surface area contributed by atoms with Crippen LogP contribution in [-0.2, 0) is 17.6 Å². The van der Waals surface area contributed by atoms with Gasteiger partial charge >= 0.3 is 0 Å².